The minimum atomic E-state index is -0.223. The number of hydrazone groups is 1. The van der Waals surface area contributed by atoms with E-state index in [1.807, 2.05) is 56.8 Å². The Kier molecular flexibility index (Phi) is 5.89. The number of carbonyl (C=O) groups excluding carboxylic acids is 1. The van der Waals surface area contributed by atoms with Crippen molar-refractivity contribution in [1.29, 1.82) is 0 Å². The maximum Gasteiger partial charge on any atom is 0.227 e. The third-order valence-corrected chi connectivity index (χ3v) is 5.18. The van der Waals surface area contributed by atoms with Gasteiger partial charge < -0.3 is 14.6 Å². The maximum absolute atomic E-state index is 10.9. The van der Waals surface area contributed by atoms with Gasteiger partial charge >= 0.3 is 0 Å². The van der Waals surface area contributed by atoms with Crippen LogP contribution in [0.25, 0.3) is 10.9 Å². The zero-order chi connectivity index (χ0) is 21.1. The van der Waals surface area contributed by atoms with Crippen LogP contribution in [0.3, 0.4) is 0 Å². The van der Waals surface area contributed by atoms with Crippen LogP contribution in [0.1, 0.15) is 49.3 Å². The fourth-order valence-corrected chi connectivity index (χ4v) is 3.53. The lowest BCUT2D eigenvalue weighted by atomic mass is 9.88. The van der Waals surface area contributed by atoms with E-state index in [-0.39, 0.29) is 23.3 Å². The van der Waals surface area contributed by atoms with Crippen molar-refractivity contribution in [3.05, 3.63) is 59.3 Å². The molecule has 2 aromatic carbocycles. The number of carbonyl (C=O) groups is 1. The van der Waals surface area contributed by atoms with Gasteiger partial charge in [0.2, 0.25) is 6.41 Å². The molecule has 0 aliphatic carbocycles. The Morgan fingerprint density at radius 1 is 1.21 bits per heavy atom. The third kappa shape index (κ3) is 3.95. The molecule has 29 heavy (non-hydrogen) atoms. The predicted molar refractivity (Wildman–Crippen MR) is 113 cm³/mol. The standard InChI is InChI=1S/C22H25N3O4/c1-13(2)17-10-18(20(27)11-21(17)29-28)22(24-23-12-26)14(3)15-5-6-19-16(9-15)7-8-25(19)4/h5-14,27-28H,1-4H3,(H,23,26)/b24-22+. The number of hydrogen-bond donors (Lipinski definition) is 3. The quantitative estimate of drug-likeness (QED) is 0.243. The fraction of sp³-hybridized carbons (Fsp3) is 0.273. The number of aromatic nitrogens is 1. The molecular formula is C22H25N3O4. The highest BCUT2D eigenvalue weighted by Gasteiger charge is 2.22. The molecule has 0 radical (unpaired) electrons. The fourth-order valence-electron chi connectivity index (χ4n) is 3.53. The normalized spacial score (nSPS) is 13.0. The lowest BCUT2D eigenvalue weighted by Crippen LogP contribution is -2.17. The van der Waals surface area contributed by atoms with Crippen LogP contribution >= 0.6 is 0 Å². The van der Waals surface area contributed by atoms with Gasteiger partial charge in [-0.1, -0.05) is 26.8 Å². The Labute approximate surface area is 169 Å². The van der Waals surface area contributed by atoms with Crippen LogP contribution in [0, 0.1) is 0 Å². The number of nitrogens with one attached hydrogen (secondary N) is 1. The second kappa shape index (κ2) is 8.36. The van der Waals surface area contributed by atoms with Gasteiger partial charge in [0.05, 0.1) is 5.71 Å². The number of phenolic OH excluding ortho intramolecular Hbond substituents is 1. The van der Waals surface area contributed by atoms with E-state index in [9.17, 15) is 9.90 Å². The van der Waals surface area contributed by atoms with Crippen molar-refractivity contribution in [3.63, 3.8) is 0 Å². The number of fused-ring (bicyclic) bond motifs is 1. The molecule has 0 saturated heterocycles. The number of nitrogens with zero attached hydrogens (tertiary/aromatic N) is 2. The predicted octanol–water partition coefficient (Wildman–Crippen LogP) is 4.11. The minimum Gasteiger partial charge on any atom is -0.507 e. The van der Waals surface area contributed by atoms with Crippen molar-refractivity contribution in [3.8, 4) is 11.5 Å². The summed E-state index contributed by atoms with van der Waals surface area (Å²) in [6.45, 7) is 5.86. The molecule has 0 aliphatic heterocycles. The molecule has 7 heteroatoms. The Morgan fingerprint density at radius 2 is 1.97 bits per heavy atom. The van der Waals surface area contributed by atoms with Crippen molar-refractivity contribution in [1.82, 2.24) is 9.99 Å². The van der Waals surface area contributed by atoms with Crippen molar-refractivity contribution in [2.75, 3.05) is 0 Å². The molecule has 0 fully saturated rings. The summed E-state index contributed by atoms with van der Waals surface area (Å²) in [6, 6.07) is 11.2. The van der Waals surface area contributed by atoms with Gasteiger partial charge in [-0.05, 0) is 41.1 Å². The number of amides is 1. The van der Waals surface area contributed by atoms with E-state index in [1.165, 1.54) is 6.07 Å². The van der Waals surface area contributed by atoms with Crippen LogP contribution in [0.2, 0.25) is 0 Å². The summed E-state index contributed by atoms with van der Waals surface area (Å²) < 4.78 is 2.04. The van der Waals surface area contributed by atoms with Crippen molar-refractivity contribution in [2.24, 2.45) is 12.1 Å². The van der Waals surface area contributed by atoms with Gasteiger partial charge in [-0.3, -0.25) is 4.79 Å². The molecule has 152 valence electrons. The van der Waals surface area contributed by atoms with E-state index < -0.39 is 0 Å². The van der Waals surface area contributed by atoms with E-state index in [1.54, 1.807) is 6.07 Å². The second-order valence-corrected chi connectivity index (χ2v) is 7.36. The first kappa shape index (κ1) is 20.4. The largest absolute Gasteiger partial charge is 0.507 e. The summed E-state index contributed by atoms with van der Waals surface area (Å²) in [6.07, 6.45) is 2.48. The summed E-state index contributed by atoms with van der Waals surface area (Å²) in [5, 5.41) is 25.0. The van der Waals surface area contributed by atoms with Crippen LogP contribution in [0.4, 0.5) is 0 Å². The van der Waals surface area contributed by atoms with E-state index in [0.29, 0.717) is 23.2 Å². The first-order valence-corrected chi connectivity index (χ1v) is 9.37. The molecule has 3 aromatic rings. The number of aromatic hydroxyl groups is 1. The molecular weight excluding hydrogens is 370 g/mol. The van der Waals surface area contributed by atoms with Crippen LogP contribution < -0.4 is 10.3 Å². The van der Waals surface area contributed by atoms with Crippen LogP contribution in [0.5, 0.6) is 11.5 Å². The summed E-state index contributed by atoms with van der Waals surface area (Å²) in [5.74, 6) is -0.105. The van der Waals surface area contributed by atoms with E-state index >= 15 is 0 Å². The van der Waals surface area contributed by atoms with Crippen molar-refractivity contribution < 1.29 is 20.0 Å². The zero-order valence-electron chi connectivity index (χ0n) is 16.9. The van der Waals surface area contributed by atoms with Crippen molar-refractivity contribution >= 4 is 23.0 Å². The monoisotopic (exact) mass is 395 g/mol. The lowest BCUT2D eigenvalue weighted by molar-refractivity contribution is -0.138. The smallest absolute Gasteiger partial charge is 0.227 e. The topological polar surface area (TPSA) is 96.1 Å². The molecule has 3 N–H and O–H groups in total. The summed E-state index contributed by atoms with van der Waals surface area (Å²) in [5.41, 5.74) is 6.13. The number of phenols is 1. The Morgan fingerprint density at radius 3 is 2.62 bits per heavy atom. The molecule has 3 rings (SSSR count). The number of benzene rings is 2. The average molecular weight is 395 g/mol. The molecule has 1 unspecified atom stereocenters. The Bertz CT molecular complexity index is 1070. The van der Waals surface area contributed by atoms with E-state index in [4.69, 9.17) is 5.26 Å². The Balaban J connectivity index is 2.12. The van der Waals surface area contributed by atoms with E-state index in [2.05, 4.69) is 21.5 Å². The summed E-state index contributed by atoms with van der Waals surface area (Å²) in [7, 11) is 1.99. The minimum absolute atomic E-state index is 0.0350. The van der Waals surface area contributed by atoms with Gasteiger partial charge in [0.1, 0.15) is 5.75 Å². The molecule has 0 spiro atoms. The summed E-state index contributed by atoms with van der Waals surface area (Å²) in [4.78, 5) is 15.3. The first-order valence-electron chi connectivity index (χ1n) is 9.37. The van der Waals surface area contributed by atoms with Gasteiger partial charge in [-0.15, -0.1) is 0 Å². The molecule has 7 nitrogen and oxygen atoms in total. The third-order valence-electron chi connectivity index (χ3n) is 5.18. The highest BCUT2D eigenvalue weighted by atomic mass is 17.1. The maximum atomic E-state index is 10.9. The molecule has 1 heterocycles. The first-order chi connectivity index (χ1) is 13.9. The Hall–Kier alpha value is -3.32. The van der Waals surface area contributed by atoms with Crippen LogP contribution in [0.15, 0.2) is 47.7 Å². The average Bonchev–Trinajstić information content (AvgIpc) is 3.08. The number of aryl methyl sites for hydroxylation is 1. The SMILES string of the molecule is CC(C)c1cc(/C(=N/NC=O)C(C)c2ccc3c(ccn3C)c2)c(O)cc1OO. The van der Waals surface area contributed by atoms with Gasteiger partial charge in [0.25, 0.3) is 0 Å². The molecule has 1 amide bonds. The molecule has 0 saturated carbocycles. The highest BCUT2D eigenvalue weighted by molar-refractivity contribution is 6.07. The molecule has 0 bridgehead atoms. The van der Waals surface area contributed by atoms with Gasteiger partial charge in [0.15, 0.2) is 5.75 Å². The van der Waals surface area contributed by atoms with Crippen LogP contribution in [-0.4, -0.2) is 27.1 Å². The van der Waals surface area contributed by atoms with E-state index in [0.717, 1.165) is 16.5 Å². The molecule has 0 aliphatic rings. The lowest BCUT2D eigenvalue weighted by Gasteiger charge is -2.19. The highest BCUT2D eigenvalue weighted by Crippen LogP contribution is 2.36. The van der Waals surface area contributed by atoms with Gasteiger partial charge in [0, 0.05) is 41.9 Å². The second-order valence-electron chi connectivity index (χ2n) is 7.36. The summed E-state index contributed by atoms with van der Waals surface area (Å²) >= 11 is 0. The molecule has 1 atom stereocenters. The molecule has 1 aromatic heterocycles. The van der Waals surface area contributed by atoms with Crippen LogP contribution in [-0.2, 0) is 11.8 Å². The van der Waals surface area contributed by atoms with Gasteiger partial charge in [-0.2, -0.15) is 5.10 Å². The van der Waals surface area contributed by atoms with Gasteiger partial charge in [-0.25, -0.2) is 10.7 Å². The zero-order valence-corrected chi connectivity index (χ0v) is 16.9. The van der Waals surface area contributed by atoms with Crippen molar-refractivity contribution in [2.45, 2.75) is 32.6 Å². The number of hydrogen-bond acceptors (Lipinski definition) is 5. The number of rotatable bonds is 7.